The third-order valence-corrected chi connectivity index (χ3v) is 8.16. The van der Waals surface area contributed by atoms with Gasteiger partial charge in [-0.25, -0.2) is 0 Å². The molecule has 0 spiro atoms. The van der Waals surface area contributed by atoms with Crippen molar-refractivity contribution in [2.75, 3.05) is 23.9 Å². The largest absolute Gasteiger partial charge is 0.392 e. The molecule has 2 heterocycles. The predicted octanol–water partition coefficient (Wildman–Crippen LogP) is 4.58. The van der Waals surface area contributed by atoms with Gasteiger partial charge in [0.05, 0.1) is 12.2 Å². The number of aliphatic hydroxyl groups excluding tert-OH is 2. The number of benzene rings is 2. The van der Waals surface area contributed by atoms with Crippen LogP contribution in [0.2, 0.25) is 0 Å². The minimum atomic E-state index is -0.606. The molecular formula is C28H34N2O2. The molecule has 2 aromatic rings. The summed E-state index contributed by atoms with van der Waals surface area (Å²) in [4.78, 5) is 4.40. The number of aliphatic hydroxyl groups is 2. The molecule has 2 aliphatic heterocycles. The molecule has 168 valence electrons. The summed E-state index contributed by atoms with van der Waals surface area (Å²) in [5, 5.41) is 22.2. The van der Waals surface area contributed by atoms with Gasteiger partial charge in [-0.15, -0.1) is 0 Å². The van der Waals surface area contributed by atoms with E-state index in [0.717, 1.165) is 11.4 Å². The van der Waals surface area contributed by atoms with E-state index >= 15 is 0 Å². The topological polar surface area (TPSA) is 46.9 Å². The number of likely N-dealkylation sites (N-methyl/N-ethyl adjacent to an activating group) is 2. The number of nitrogens with zero attached hydrogens (tertiary/aromatic N) is 2. The van der Waals surface area contributed by atoms with E-state index in [1.807, 2.05) is 0 Å². The van der Waals surface area contributed by atoms with Crippen molar-refractivity contribution >= 4 is 11.4 Å². The Balaban J connectivity index is 1.43. The lowest BCUT2D eigenvalue weighted by atomic mass is 9.66. The zero-order chi connectivity index (χ0) is 23.0. The number of rotatable bonds is 2. The van der Waals surface area contributed by atoms with Gasteiger partial charge in [0.15, 0.2) is 0 Å². The molecule has 0 bridgehead atoms. The summed E-state index contributed by atoms with van der Waals surface area (Å²) < 4.78 is 0. The van der Waals surface area contributed by atoms with Gasteiger partial charge in [0.25, 0.3) is 0 Å². The summed E-state index contributed by atoms with van der Waals surface area (Å²) in [6.07, 6.45) is 2.99. The second kappa shape index (κ2) is 6.97. The Morgan fingerprint density at radius 1 is 0.656 bits per heavy atom. The standard InChI is InChI=1S/C28H34N2O2/c1-27(2)19-11-7-9-13-21(19)29(5)23(27)15-17-25(31)18(26(17)32)16-24-28(3,4)20-12-8-10-14-22(20)30(24)6/h7-18,25-26,31-32H,1-6H3/b23-15-,24-16-. The molecule has 2 N–H and O–H groups in total. The minimum absolute atomic E-state index is 0.163. The first-order chi connectivity index (χ1) is 15.1. The summed E-state index contributed by atoms with van der Waals surface area (Å²) in [5.41, 5.74) is 6.89. The van der Waals surface area contributed by atoms with E-state index < -0.39 is 12.2 Å². The number of hydrogen-bond acceptors (Lipinski definition) is 4. The van der Waals surface area contributed by atoms with Gasteiger partial charge in [-0.1, -0.05) is 76.2 Å². The van der Waals surface area contributed by atoms with Crippen LogP contribution < -0.4 is 9.80 Å². The van der Waals surface area contributed by atoms with Crippen LogP contribution in [0.5, 0.6) is 0 Å². The van der Waals surface area contributed by atoms with Crippen molar-refractivity contribution in [3.8, 4) is 0 Å². The van der Waals surface area contributed by atoms with Crippen molar-refractivity contribution in [3.05, 3.63) is 83.2 Å². The van der Waals surface area contributed by atoms with Crippen LogP contribution in [0.1, 0.15) is 38.8 Å². The molecule has 4 nitrogen and oxygen atoms in total. The SMILES string of the molecule is CN1/C(=C\C2C(O)C(/C=C3\N(C)c4ccccc4C3(C)C)C2O)C(C)(C)c2ccccc21. The molecule has 1 fully saturated rings. The Hall–Kier alpha value is -2.56. The maximum atomic E-state index is 11.1. The minimum Gasteiger partial charge on any atom is -0.392 e. The molecular weight excluding hydrogens is 396 g/mol. The van der Waals surface area contributed by atoms with Crippen molar-refractivity contribution < 1.29 is 10.2 Å². The Kier molecular flexibility index (Phi) is 4.64. The second-order valence-corrected chi connectivity index (χ2v) is 10.6. The van der Waals surface area contributed by atoms with Crippen LogP contribution in [0.4, 0.5) is 11.4 Å². The highest BCUT2D eigenvalue weighted by molar-refractivity contribution is 5.71. The van der Waals surface area contributed by atoms with Gasteiger partial charge < -0.3 is 20.0 Å². The molecule has 1 saturated carbocycles. The van der Waals surface area contributed by atoms with E-state index in [2.05, 4.69) is 112 Å². The maximum Gasteiger partial charge on any atom is 0.0716 e. The van der Waals surface area contributed by atoms with Gasteiger partial charge in [-0.3, -0.25) is 0 Å². The van der Waals surface area contributed by atoms with Gasteiger partial charge in [0.2, 0.25) is 0 Å². The van der Waals surface area contributed by atoms with Crippen LogP contribution in [0.3, 0.4) is 0 Å². The van der Waals surface area contributed by atoms with Gasteiger partial charge >= 0.3 is 0 Å². The molecule has 5 rings (SSSR count). The molecule has 4 heteroatoms. The van der Waals surface area contributed by atoms with Crippen molar-refractivity contribution in [1.82, 2.24) is 0 Å². The second-order valence-electron chi connectivity index (χ2n) is 10.6. The zero-order valence-corrected chi connectivity index (χ0v) is 19.9. The Morgan fingerprint density at radius 2 is 1.00 bits per heavy atom. The highest BCUT2D eigenvalue weighted by Gasteiger charge is 2.50. The van der Waals surface area contributed by atoms with Gasteiger partial charge in [0.1, 0.15) is 0 Å². The van der Waals surface area contributed by atoms with E-state index in [0.29, 0.717) is 0 Å². The Labute approximate surface area is 191 Å². The summed E-state index contributed by atoms with van der Waals surface area (Å²) in [6.45, 7) is 8.85. The average Bonchev–Trinajstić information content (AvgIpc) is 3.09. The fraction of sp³-hybridized carbons (Fsp3) is 0.429. The highest BCUT2D eigenvalue weighted by Crippen LogP contribution is 2.51. The fourth-order valence-corrected chi connectivity index (χ4v) is 6.13. The first-order valence-corrected chi connectivity index (χ1v) is 11.5. The number of allylic oxidation sites excluding steroid dienone is 2. The molecule has 32 heavy (non-hydrogen) atoms. The van der Waals surface area contributed by atoms with E-state index in [-0.39, 0.29) is 22.7 Å². The molecule has 0 aromatic heterocycles. The van der Waals surface area contributed by atoms with Crippen LogP contribution >= 0.6 is 0 Å². The molecule has 0 unspecified atom stereocenters. The van der Waals surface area contributed by atoms with Crippen molar-refractivity contribution in [2.24, 2.45) is 11.8 Å². The molecule has 0 radical (unpaired) electrons. The number of para-hydroxylation sites is 2. The van der Waals surface area contributed by atoms with Crippen molar-refractivity contribution in [3.63, 3.8) is 0 Å². The summed E-state index contributed by atoms with van der Waals surface area (Å²) >= 11 is 0. The van der Waals surface area contributed by atoms with Crippen molar-refractivity contribution in [2.45, 2.75) is 50.7 Å². The van der Waals surface area contributed by atoms with Crippen molar-refractivity contribution in [1.29, 1.82) is 0 Å². The third kappa shape index (κ3) is 2.76. The van der Waals surface area contributed by atoms with Gasteiger partial charge in [-0.2, -0.15) is 0 Å². The first kappa shape index (κ1) is 21.3. The molecule has 1 aliphatic carbocycles. The van der Waals surface area contributed by atoms with Crippen LogP contribution in [-0.2, 0) is 10.8 Å². The lowest BCUT2D eigenvalue weighted by Gasteiger charge is -2.45. The fourth-order valence-electron chi connectivity index (χ4n) is 6.13. The maximum absolute atomic E-state index is 11.1. The molecule has 0 saturated heterocycles. The summed E-state index contributed by atoms with van der Waals surface area (Å²) in [7, 11) is 4.15. The van der Waals surface area contributed by atoms with E-state index in [1.165, 1.54) is 22.5 Å². The van der Waals surface area contributed by atoms with E-state index in [9.17, 15) is 10.2 Å². The summed E-state index contributed by atoms with van der Waals surface area (Å²) in [6, 6.07) is 16.9. The highest BCUT2D eigenvalue weighted by atomic mass is 16.3. The normalized spacial score (nSPS) is 32.2. The first-order valence-electron chi connectivity index (χ1n) is 11.5. The van der Waals surface area contributed by atoms with Gasteiger partial charge in [0, 0.05) is 59.5 Å². The smallest absolute Gasteiger partial charge is 0.0716 e. The number of fused-ring (bicyclic) bond motifs is 2. The third-order valence-electron chi connectivity index (χ3n) is 8.16. The quantitative estimate of drug-likeness (QED) is 0.732. The van der Waals surface area contributed by atoms with Gasteiger partial charge in [-0.05, 0) is 23.3 Å². The average molecular weight is 431 g/mol. The van der Waals surface area contributed by atoms with Crippen LogP contribution in [0.25, 0.3) is 0 Å². The Bertz CT molecular complexity index is 1030. The van der Waals surface area contributed by atoms with E-state index in [1.54, 1.807) is 0 Å². The molecule has 0 amide bonds. The predicted molar refractivity (Wildman–Crippen MR) is 131 cm³/mol. The van der Waals surface area contributed by atoms with E-state index in [4.69, 9.17) is 0 Å². The number of hydrogen-bond donors (Lipinski definition) is 2. The lowest BCUT2D eigenvalue weighted by molar-refractivity contribution is -0.111. The molecule has 2 aromatic carbocycles. The van der Waals surface area contributed by atoms with Crippen LogP contribution in [0, 0.1) is 11.8 Å². The van der Waals surface area contributed by atoms with Crippen LogP contribution in [0.15, 0.2) is 72.1 Å². The molecule has 3 aliphatic rings. The Morgan fingerprint density at radius 3 is 1.34 bits per heavy atom. The molecule has 0 atom stereocenters. The zero-order valence-electron chi connectivity index (χ0n) is 19.9. The lowest BCUT2D eigenvalue weighted by Crippen LogP contribution is -2.54. The van der Waals surface area contributed by atoms with Crippen LogP contribution in [-0.4, -0.2) is 36.5 Å². The summed E-state index contributed by atoms with van der Waals surface area (Å²) in [5.74, 6) is -0.555. The number of anilines is 2. The monoisotopic (exact) mass is 430 g/mol.